The average Bonchev–Trinajstić information content (AvgIpc) is 2.69. The zero-order valence-corrected chi connectivity index (χ0v) is 17.1. The van der Waals surface area contributed by atoms with Gasteiger partial charge < -0.3 is 20.0 Å². The fourth-order valence-corrected chi connectivity index (χ4v) is 3.01. The van der Waals surface area contributed by atoms with Gasteiger partial charge >= 0.3 is 7.32 Å². The number of amides is 2. The zero-order valence-electron chi connectivity index (χ0n) is 17.1. The predicted molar refractivity (Wildman–Crippen MR) is 112 cm³/mol. The first kappa shape index (κ1) is 24.2. The summed E-state index contributed by atoms with van der Waals surface area (Å²) in [6, 6.07) is 8.08. The molecular weight excluding hydrogens is 409 g/mol. The van der Waals surface area contributed by atoms with E-state index in [1.807, 2.05) is 32.0 Å². The number of halogens is 2. The Kier molecular flexibility index (Phi) is 8.43. The van der Waals surface area contributed by atoms with Crippen molar-refractivity contribution in [2.75, 3.05) is 11.4 Å². The summed E-state index contributed by atoms with van der Waals surface area (Å²) in [5, 5.41) is 20.8. The molecule has 0 saturated carbocycles. The number of rotatable bonds is 9. The summed E-state index contributed by atoms with van der Waals surface area (Å²) in [5.41, 5.74) is 2.28. The Bertz CT molecular complexity index is 971. The first-order valence-corrected chi connectivity index (χ1v) is 9.36. The highest BCUT2D eigenvalue weighted by Crippen LogP contribution is 2.21. The van der Waals surface area contributed by atoms with E-state index in [1.54, 1.807) is 0 Å². The monoisotopic (exact) mass is 432 g/mol. The van der Waals surface area contributed by atoms with Gasteiger partial charge in [0.25, 0.3) is 5.91 Å². The number of nitrogens with zero attached hydrogens (tertiary/aromatic N) is 1. The number of carbonyl (C=O) groups is 2. The van der Waals surface area contributed by atoms with Crippen molar-refractivity contribution in [1.82, 2.24) is 5.32 Å². The first-order valence-electron chi connectivity index (χ1n) is 9.36. The van der Waals surface area contributed by atoms with Gasteiger partial charge in [0, 0.05) is 12.5 Å². The van der Waals surface area contributed by atoms with E-state index >= 15 is 0 Å². The van der Waals surface area contributed by atoms with Crippen LogP contribution in [0.4, 0.5) is 14.5 Å². The normalized spacial score (nSPS) is 11.5. The first-order chi connectivity index (χ1) is 14.6. The highest BCUT2D eigenvalue weighted by molar-refractivity contribution is 6.32. The molecule has 2 amide bonds. The third-order valence-electron chi connectivity index (χ3n) is 4.45. The Morgan fingerprint density at radius 2 is 1.94 bits per heavy atom. The molecule has 3 N–H and O–H groups in total. The van der Waals surface area contributed by atoms with Crippen LogP contribution in [0.2, 0.25) is 0 Å². The van der Waals surface area contributed by atoms with Crippen molar-refractivity contribution >= 4 is 24.8 Å². The van der Waals surface area contributed by atoms with E-state index in [9.17, 15) is 28.4 Å². The maximum atomic E-state index is 14.1. The number of aryl methyl sites for hydroxylation is 2. The van der Waals surface area contributed by atoms with Crippen molar-refractivity contribution in [3.8, 4) is 0 Å². The van der Waals surface area contributed by atoms with E-state index in [-0.39, 0.29) is 6.42 Å². The maximum Gasteiger partial charge on any atom is 0.635 e. The molecule has 0 spiro atoms. The molecule has 0 saturated heterocycles. The molecule has 2 rings (SSSR count). The van der Waals surface area contributed by atoms with Crippen LogP contribution in [-0.4, -0.2) is 42.0 Å². The minimum Gasteiger partial charge on any atom is -0.402 e. The average molecular weight is 432 g/mol. The molecule has 164 valence electrons. The fourth-order valence-electron chi connectivity index (χ4n) is 3.01. The second kappa shape index (κ2) is 10.8. The van der Waals surface area contributed by atoms with Crippen molar-refractivity contribution in [2.24, 2.45) is 0 Å². The molecule has 2 aromatic carbocycles. The van der Waals surface area contributed by atoms with Crippen molar-refractivity contribution in [3.63, 3.8) is 0 Å². The van der Waals surface area contributed by atoms with Gasteiger partial charge in [-0.2, -0.15) is 0 Å². The Hall–Kier alpha value is -3.08. The van der Waals surface area contributed by atoms with Crippen LogP contribution in [0, 0.1) is 25.5 Å². The van der Waals surface area contributed by atoms with E-state index in [2.05, 4.69) is 11.9 Å². The summed E-state index contributed by atoms with van der Waals surface area (Å²) in [6.45, 7) is 6.40. The predicted octanol–water partition coefficient (Wildman–Crippen LogP) is 1.77. The molecule has 10 heteroatoms. The summed E-state index contributed by atoms with van der Waals surface area (Å²) in [4.78, 5) is 25.4. The minimum atomic E-state index is -2.16. The van der Waals surface area contributed by atoms with Gasteiger partial charge in [-0.1, -0.05) is 30.3 Å². The summed E-state index contributed by atoms with van der Waals surface area (Å²) in [5.74, 6) is -3.32. The summed E-state index contributed by atoms with van der Waals surface area (Å²) in [6.07, 6.45) is -0.204. The molecule has 0 fully saturated rings. The van der Waals surface area contributed by atoms with Crippen LogP contribution >= 0.6 is 0 Å². The van der Waals surface area contributed by atoms with E-state index < -0.39 is 49.2 Å². The van der Waals surface area contributed by atoms with Crippen molar-refractivity contribution < 1.29 is 33.1 Å². The van der Waals surface area contributed by atoms with Gasteiger partial charge in [-0.15, -0.1) is 0 Å². The van der Waals surface area contributed by atoms with Gasteiger partial charge in [0.2, 0.25) is 5.91 Å². The Morgan fingerprint density at radius 1 is 1.23 bits per heavy atom. The lowest BCUT2D eigenvalue weighted by molar-refractivity contribution is -0.124. The Labute approximate surface area is 179 Å². The topological polar surface area (TPSA) is 99.1 Å². The second-order valence-electron chi connectivity index (χ2n) is 6.88. The molecular formula is C21H23BF2N2O5. The largest absolute Gasteiger partial charge is 0.635 e. The lowest BCUT2D eigenvalue weighted by Crippen LogP contribution is -2.47. The van der Waals surface area contributed by atoms with Gasteiger partial charge in [-0.25, -0.2) is 8.78 Å². The Balaban J connectivity index is 2.21. The zero-order chi connectivity index (χ0) is 23.1. The molecule has 7 nitrogen and oxygen atoms in total. The van der Waals surface area contributed by atoms with Gasteiger partial charge in [0.1, 0.15) is 24.4 Å². The molecule has 0 aliphatic carbocycles. The number of carbonyl (C=O) groups excluding carboxylic acids is 2. The molecule has 0 unspecified atom stereocenters. The van der Waals surface area contributed by atoms with Gasteiger partial charge in [0.05, 0.1) is 5.69 Å². The van der Waals surface area contributed by atoms with Crippen LogP contribution < -0.4 is 10.2 Å². The molecule has 0 radical (unpaired) electrons. The van der Waals surface area contributed by atoms with E-state index in [0.29, 0.717) is 4.90 Å². The van der Waals surface area contributed by atoms with Crippen LogP contribution in [-0.2, 0) is 20.7 Å². The van der Waals surface area contributed by atoms with E-state index in [1.165, 1.54) is 0 Å². The van der Waals surface area contributed by atoms with E-state index in [0.717, 1.165) is 41.0 Å². The molecule has 1 atom stereocenters. The molecule has 0 bridgehead atoms. The lowest BCUT2D eigenvalue weighted by atomic mass is 10.0. The van der Waals surface area contributed by atoms with Crippen molar-refractivity contribution in [1.29, 1.82) is 0 Å². The van der Waals surface area contributed by atoms with Gasteiger partial charge in [-0.3, -0.25) is 14.5 Å². The van der Waals surface area contributed by atoms with Crippen LogP contribution in [0.15, 0.2) is 49.1 Å². The third-order valence-corrected chi connectivity index (χ3v) is 4.45. The summed E-state index contributed by atoms with van der Waals surface area (Å²) >= 11 is 0. The number of anilines is 1. The fraction of sp³-hybridized carbons (Fsp3) is 0.238. The quantitative estimate of drug-likeness (QED) is 0.319. The molecule has 0 aliphatic rings. The summed E-state index contributed by atoms with van der Waals surface area (Å²) in [7, 11) is -2.16. The van der Waals surface area contributed by atoms with Crippen LogP contribution in [0.5, 0.6) is 0 Å². The highest BCUT2D eigenvalue weighted by Gasteiger charge is 2.25. The SMILES string of the molecule is C=CC(=O)N(CC(=O)N[C@@H](Cc1ccc(C)cc1C)OB(O)O)c1cc(F)ccc1F. The highest BCUT2D eigenvalue weighted by atomic mass is 19.1. The van der Waals surface area contributed by atoms with E-state index in [4.69, 9.17) is 4.65 Å². The van der Waals surface area contributed by atoms with Crippen LogP contribution in [0.25, 0.3) is 0 Å². The van der Waals surface area contributed by atoms with Crippen LogP contribution in [0.3, 0.4) is 0 Å². The minimum absolute atomic E-state index is 0.0964. The molecule has 0 aliphatic heterocycles. The number of benzene rings is 2. The molecule has 31 heavy (non-hydrogen) atoms. The molecule has 2 aromatic rings. The summed E-state index contributed by atoms with van der Waals surface area (Å²) < 4.78 is 32.7. The molecule has 0 heterocycles. The van der Waals surface area contributed by atoms with Crippen molar-refractivity contribution in [3.05, 3.63) is 77.4 Å². The smallest absolute Gasteiger partial charge is 0.402 e. The third kappa shape index (κ3) is 6.99. The van der Waals surface area contributed by atoms with Gasteiger partial charge in [0.15, 0.2) is 0 Å². The Morgan fingerprint density at radius 3 is 2.55 bits per heavy atom. The van der Waals surface area contributed by atoms with Crippen LogP contribution in [0.1, 0.15) is 16.7 Å². The second-order valence-corrected chi connectivity index (χ2v) is 6.88. The number of nitrogens with one attached hydrogen (secondary N) is 1. The molecule has 0 aromatic heterocycles. The number of hydrogen-bond donors (Lipinski definition) is 3. The number of hydrogen-bond acceptors (Lipinski definition) is 5. The standard InChI is InChI=1S/C21H23BF2N2O5/c1-4-21(28)26(18-11-16(23)7-8-17(18)24)12-19(27)25-20(31-22(29)30)10-15-6-5-13(2)9-14(15)3/h4-9,11,20,29-30H,1,10,12H2,2-3H3,(H,25,27)/t20-/m1/s1. The lowest BCUT2D eigenvalue weighted by Gasteiger charge is -2.24. The maximum absolute atomic E-state index is 14.1. The van der Waals surface area contributed by atoms with Gasteiger partial charge in [-0.05, 0) is 43.2 Å². The van der Waals surface area contributed by atoms with Crippen molar-refractivity contribution in [2.45, 2.75) is 26.5 Å².